The van der Waals surface area contributed by atoms with E-state index in [1.54, 1.807) is 0 Å². The highest BCUT2D eigenvalue weighted by molar-refractivity contribution is 8.69. The monoisotopic (exact) mass is 138 g/mol. The van der Waals surface area contributed by atoms with Crippen molar-refractivity contribution in [3.05, 3.63) is 0 Å². The molecule has 2 unspecified atom stereocenters. The molecule has 0 spiro atoms. The summed E-state index contributed by atoms with van der Waals surface area (Å²) in [4.78, 5) is 0. The molecule has 0 radical (unpaired) electrons. The number of aliphatic hydroxyl groups excluding tert-OH is 1. The molecule has 0 aliphatic carbocycles. The molecule has 0 aromatic heterocycles. The van der Waals surface area contributed by atoms with Crippen molar-refractivity contribution in [3.63, 3.8) is 0 Å². The van der Waals surface area contributed by atoms with Crippen LogP contribution in [0.5, 0.6) is 0 Å². The second-order valence-corrected chi connectivity index (χ2v) is 4.74. The van der Waals surface area contributed by atoms with Crippen LogP contribution in [0.2, 0.25) is 0 Å². The van der Waals surface area contributed by atoms with Gasteiger partial charge in [-0.1, -0.05) is 10.8 Å². The molecule has 1 heterocycles. The first-order valence-electron chi connectivity index (χ1n) is 1.99. The topological polar surface area (TPSA) is 37.3 Å². The highest BCUT2D eigenvalue weighted by atomic mass is 33.1. The van der Waals surface area contributed by atoms with Crippen molar-refractivity contribution in [2.75, 3.05) is 11.5 Å². The van der Waals surface area contributed by atoms with Crippen LogP contribution in [0.25, 0.3) is 0 Å². The highest BCUT2D eigenvalue weighted by Crippen LogP contribution is 2.18. The first-order chi connectivity index (χ1) is 3.29. The van der Waals surface area contributed by atoms with Crippen LogP contribution >= 0.6 is 10.8 Å². The third-order valence-electron chi connectivity index (χ3n) is 0.720. The van der Waals surface area contributed by atoms with Crippen LogP contribution in [0.1, 0.15) is 0 Å². The Bertz CT molecular complexity index is 92.9. The molecule has 2 atom stereocenters. The minimum Gasteiger partial charge on any atom is -0.391 e. The number of rotatable bonds is 0. The van der Waals surface area contributed by atoms with Crippen LogP contribution in [-0.2, 0) is 9.83 Å². The van der Waals surface area contributed by atoms with E-state index in [2.05, 4.69) is 0 Å². The van der Waals surface area contributed by atoms with E-state index >= 15 is 0 Å². The summed E-state index contributed by atoms with van der Waals surface area (Å²) in [6.45, 7) is 0. The summed E-state index contributed by atoms with van der Waals surface area (Å²) in [5.74, 6) is 1.11. The SMILES string of the molecule is O=S1CC(O)CS1. The molecule has 1 rings (SSSR count). The standard InChI is InChI=1S/C3H6O2S2/c4-3-1-6-7(5)2-3/h3-4H,1-2H2. The molecule has 42 valence electrons. The third-order valence-corrected chi connectivity index (χ3v) is 3.77. The number of aliphatic hydroxyl groups is 1. The third kappa shape index (κ3) is 1.44. The minimum absolute atomic E-state index is 0.314. The van der Waals surface area contributed by atoms with Gasteiger partial charge >= 0.3 is 0 Å². The molecule has 1 aliphatic rings. The number of hydrogen-bond acceptors (Lipinski definition) is 3. The Kier molecular flexibility index (Phi) is 1.72. The zero-order valence-electron chi connectivity index (χ0n) is 3.66. The molecule has 1 saturated heterocycles. The zero-order valence-corrected chi connectivity index (χ0v) is 5.30. The van der Waals surface area contributed by atoms with Gasteiger partial charge in [0.25, 0.3) is 0 Å². The van der Waals surface area contributed by atoms with E-state index in [1.165, 1.54) is 10.8 Å². The van der Waals surface area contributed by atoms with E-state index in [1.807, 2.05) is 0 Å². The Morgan fingerprint density at radius 3 is 2.71 bits per heavy atom. The summed E-state index contributed by atoms with van der Waals surface area (Å²) in [5, 5.41) is 8.69. The fraction of sp³-hybridized carbons (Fsp3) is 1.00. The van der Waals surface area contributed by atoms with Crippen LogP contribution < -0.4 is 0 Å². The lowest BCUT2D eigenvalue weighted by atomic mass is 10.5. The number of hydrogen-bond donors (Lipinski definition) is 1. The van der Waals surface area contributed by atoms with Gasteiger partial charge in [0.1, 0.15) is 0 Å². The largest absolute Gasteiger partial charge is 0.391 e. The van der Waals surface area contributed by atoms with Crippen LogP contribution in [0, 0.1) is 0 Å². The molecule has 0 aromatic rings. The van der Waals surface area contributed by atoms with E-state index < -0.39 is 9.83 Å². The molecule has 1 N–H and O–H groups in total. The van der Waals surface area contributed by atoms with Crippen molar-refractivity contribution < 1.29 is 9.32 Å². The van der Waals surface area contributed by atoms with Gasteiger partial charge in [0.05, 0.1) is 21.7 Å². The molecule has 0 saturated carbocycles. The molecule has 7 heavy (non-hydrogen) atoms. The van der Waals surface area contributed by atoms with Gasteiger partial charge in [-0.25, -0.2) is 4.21 Å². The van der Waals surface area contributed by atoms with E-state index in [0.717, 1.165) is 0 Å². The molecule has 1 fully saturated rings. The predicted molar refractivity (Wildman–Crippen MR) is 31.5 cm³/mol. The Morgan fingerprint density at radius 2 is 2.57 bits per heavy atom. The van der Waals surface area contributed by atoms with Crippen molar-refractivity contribution in [1.29, 1.82) is 0 Å². The van der Waals surface area contributed by atoms with Gasteiger partial charge < -0.3 is 5.11 Å². The molecule has 4 heteroatoms. The van der Waals surface area contributed by atoms with Gasteiger partial charge in [-0.2, -0.15) is 0 Å². The predicted octanol–water partition coefficient (Wildman–Crippen LogP) is -0.242. The van der Waals surface area contributed by atoms with Crippen molar-refractivity contribution in [3.8, 4) is 0 Å². The first kappa shape index (κ1) is 5.59. The van der Waals surface area contributed by atoms with Crippen LogP contribution in [-0.4, -0.2) is 26.9 Å². The Labute approximate surface area is 48.2 Å². The summed E-state index contributed by atoms with van der Waals surface area (Å²) in [7, 11) is 0.541. The van der Waals surface area contributed by atoms with E-state index in [-0.39, 0.29) is 6.10 Å². The van der Waals surface area contributed by atoms with Gasteiger partial charge in [0.15, 0.2) is 0 Å². The Morgan fingerprint density at radius 1 is 1.86 bits per heavy atom. The van der Waals surface area contributed by atoms with Gasteiger partial charge in [-0.15, -0.1) is 0 Å². The maximum atomic E-state index is 10.4. The van der Waals surface area contributed by atoms with Crippen molar-refractivity contribution in [1.82, 2.24) is 0 Å². The molecule has 0 amide bonds. The lowest BCUT2D eigenvalue weighted by molar-refractivity contribution is 0.226. The van der Waals surface area contributed by atoms with Crippen molar-refractivity contribution in [2.45, 2.75) is 6.10 Å². The summed E-state index contributed by atoms with van der Waals surface area (Å²) in [6.07, 6.45) is -0.314. The average molecular weight is 138 g/mol. The van der Waals surface area contributed by atoms with Gasteiger partial charge in [0, 0.05) is 5.75 Å². The lowest BCUT2D eigenvalue weighted by Crippen LogP contribution is -2.07. The summed E-state index contributed by atoms with van der Waals surface area (Å²) >= 11 is 0. The Hall–Kier alpha value is 0.460. The van der Waals surface area contributed by atoms with Crippen molar-refractivity contribution in [2.24, 2.45) is 0 Å². The molecular weight excluding hydrogens is 132 g/mol. The van der Waals surface area contributed by atoms with Gasteiger partial charge in [-0.05, 0) is 0 Å². The van der Waals surface area contributed by atoms with E-state index in [0.29, 0.717) is 11.5 Å². The fourth-order valence-corrected chi connectivity index (χ4v) is 3.20. The minimum atomic E-state index is -0.786. The zero-order chi connectivity index (χ0) is 5.28. The maximum Gasteiger partial charge on any atom is 0.0831 e. The van der Waals surface area contributed by atoms with Crippen LogP contribution in [0.15, 0.2) is 0 Å². The second kappa shape index (κ2) is 2.15. The molecular formula is C3H6O2S2. The highest BCUT2D eigenvalue weighted by Gasteiger charge is 2.18. The lowest BCUT2D eigenvalue weighted by Gasteiger charge is -1.88. The molecule has 1 aliphatic heterocycles. The normalized spacial score (nSPS) is 41.9. The van der Waals surface area contributed by atoms with Crippen LogP contribution in [0.3, 0.4) is 0 Å². The van der Waals surface area contributed by atoms with Crippen molar-refractivity contribution >= 4 is 20.6 Å². The van der Waals surface area contributed by atoms with Gasteiger partial charge in [-0.3, -0.25) is 0 Å². The van der Waals surface area contributed by atoms with Crippen LogP contribution in [0.4, 0.5) is 0 Å². The second-order valence-electron chi connectivity index (χ2n) is 1.41. The van der Waals surface area contributed by atoms with E-state index in [4.69, 9.17) is 5.11 Å². The molecule has 2 nitrogen and oxygen atoms in total. The summed E-state index contributed by atoms with van der Waals surface area (Å²) < 4.78 is 10.4. The smallest absolute Gasteiger partial charge is 0.0831 e. The molecule has 0 aromatic carbocycles. The summed E-state index contributed by atoms with van der Waals surface area (Å²) in [5.41, 5.74) is 0. The maximum absolute atomic E-state index is 10.4. The fourth-order valence-electron chi connectivity index (χ4n) is 0.408. The molecule has 0 bridgehead atoms. The first-order valence-corrected chi connectivity index (χ1v) is 4.81. The van der Waals surface area contributed by atoms with E-state index in [9.17, 15) is 4.21 Å². The quantitative estimate of drug-likeness (QED) is 0.469. The average Bonchev–Trinajstić information content (AvgIpc) is 1.87. The Balaban J connectivity index is 2.40. The summed E-state index contributed by atoms with van der Waals surface area (Å²) in [6, 6.07) is 0. The van der Waals surface area contributed by atoms with Gasteiger partial charge in [0.2, 0.25) is 0 Å².